The van der Waals surface area contributed by atoms with E-state index >= 15 is 0 Å². The summed E-state index contributed by atoms with van der Waals surface area (Å²) in [5.74, 6) is 0. The highest BCUT2D eigenvalue weighted by atomic mass is 16.3. The highest BCUT2D eigenvalue weighted by Gasteiger charge is 2.47. The third kappa shape index (κ3) is 1.27. The summed E-state index contributed by atoms with van der Waals surface area (Å²) in [6.45, 7) is 6.98. The van der Waals surface area contributed by atoms with Gasteiger partial charge in [0.2, 0.25) is 0 Å². The van der Waals surface area contributed by atoms with Gasteiger partial charge in [-0.3, -0.25) is 0 Å². The SMILES string of the molecule is CC(C)N1CCC2(CC(O)C2)C1. The molecular formula is C10H19NO. The Morgan fingerprint density at radius 1 is 1.42 bits per heavy atom. The Labute approximate surface area is 74.6 Å². The van der Waals surface area contributed by atoms with Crippen molar-refractivity contribution >= 4 is 0 Å². The second kappa shape index (κ2) is 2.71. The first-order valence-electron chi connectivity index (χ1n) is 5.03. The molecule has 1 N–H and O–H groups in total. The molecule has 2 rings (SSSR count). The quantitative estimate of drug-likeness (QED) is 0.638. The molecule has 1 aliphatic carbocycles. The summed E-state index contributed by atoms with van der Waals surface area (Å²) in [6.07, 6.45) is 3.42. The molecule has 0 radical (unpaired) electrons. The molecule has 1 saturated carbocycles. The van der Waals surface area contributed by atoms with Crippen LogP contribution in [0.5, 0.6) is 0 Å². The molecule has 0 bridgehead atoms. The van der Waals surface area contributed by atoms with Crippen molar-refractivity contribution in [2.75, 3.05) is 13.1 Å². The summed E-state index contributed by atoms with van der Waals surface area (Å²) >= 11 is 0. The van der Waals surface area contributed by atoms with Crippen molar-refractivity contribution in [1.29, 1.82) is 0 Å². The normalized spacial score (nSPS) is 42.5. The molecular weight excluding hydrogens is 150 g/mol. The van der Waals surface area contributed by atoms with Crippen molar-refractivity contribution in [1.82, 2.24) is 4.90 Å². The molecule has 0 aromatic heterocycles. The van der Waals surface area contributed by atoms with E-state index in [0.29, 0.717) is 11.5 Å². The van der Waals surface area contributed by atoms with Crippen LogP contribution in [-0.4, -0.2) is 35.2 Å². The minimum Gasteiger partial charge on any atom is -0.393 e. The summed E-state index contributed by atoms with van der Waals surface area (Å²) in [6, 6.07) is 0.683. The summed E-state index contributed by atoms with van der Waals surface area (Å²) in [5.41, 5.74) is 0.518. The Balaban J connectivity index is 1.90. The first-order valence-corrected chi connectivity index (χ1v) is 5.03. The summed E-state index contributed by atoms with van der Waals surface area (Å²) in [7, 11) is 0. The summed E-state index contributed by atoms with van der Waals surface area (Å²) in [4.78, 5) is 2.53. The molecule has 2 fully saturated rings. The third-order valence-corrected chi connectivity index (χ3v) is 3.54. The molecule has 0 aromatic rings. The minimum atomic E-state index is 0.0112. The highest BCUT2D eigenvalue weighted by molar-refractivity contribution is 5.00. The van der Waals surface area contributed by atoms with Gasteiger partial charge < -0.3 is 10.0 Å². The molecule has 1 heterocycles. The van der Waals surface area contributed by atoms with E-state index in [2.05, 4.69) is 18.7 Å². The van der Waals surface area contributed by atoms with Crippen LogP contribution in [0.15, 0.2) is 0 Å². The fourth-order valence-corrected chi connectivity index (χ4v) is 2.68. The van der Waals surface area contributed by atoms with E-state index < -0.39 is 0 Å². The van der Waals surface area contributed by atoms with Gasteiger partial charge >= 0.3 is 0 Å². The van der Waals surface area contributed by atoms with Crippen molar-refractivity contribution in [2.24, 2.45) is 5.41 Å². The molecule has 70 valence electrons. The lowest BCUT2D eigenvalue weighted by molar-refractivity contribution is -0.0265. The van der Waals surface area contributed by atoms with Gasteiger partial charge in [-0.05, 0) is 45.1 Å². The van der Waals surface area contributed by atoms with Crippen LogP contribution in [0.3, 0.4) is 0 Å². The maximum Gasteiger partial charge on any atom is 0.0551 e. The van der Waals surface area contributed by atoms with E-state index in [-0.39, 0.29) is 6.10 Å². The predicted octanol–water partition coefficient (Wildman–Crippen LogP) is 1.24. The lowest BCUT2D eigenvalue weighted by Gasteiger charge is -2.42. The smallest absolute Gasteiger partial charge is 0.0551 e. The molecule has 1 saturated heterocycles. The van der Waals surface area contributed by atoms with E-state index in [1.54, 1.807) is 0 Å². The molecule has 2 heteroatoms. The van der Waals surface area contributed by atoms with E-state index in [4.69, 9.17) is 0 Å². The molecule has 1 aliphatic heterocycles. The van der Waals surface area contributed by atoms with Gasteiger partial charge in [-0.25, -0.2) is 0 Å². The van der Waals surface area contributed by atoms with Crippen molar-refractivity contribution in [2.45, 2.75) is 45.3 Å². The molecule has 0 atom stereocenters. The van der Waals surface area contributed by atoms with E-state index in [0.717, 1.165) is 12.8 Å². The van der Waals surface area contributed by atoms with E-state index in [1.807, 2.05) is 0 Å². The zero-order chi connectivity index (χ0) is 8.77. The maximum atomic E-state index is 9.28. The van der Waals surface area contributed by atoms with Gasteiger partial charge in [-0.15, -0.1) is 0 Å². The number of aliphatic hydroxyl groups is 1. The van der Waals surface area contributed by atoms with Gasteiger partial charge in [0, 0.05) is 12.6 Å². The average molecular weight is 169 g/mol. The van der Waals surface area contributed by atoms with Crippen LogP contribution in [0.4, 0.5) is 0 Å². The van der Waals surface area contributed by atoms with Gasteiger partial charge in [0.15, 0.2) is 0 Å². The van der Waals surface area contributed by atoms with Crippen LogP contribution in [0.2, 0.25) is 0 Å². The molecule has 0 aromatic carbocycles. The standard InChI is InChI=1S/C10H19NO/c1-8(2)11-4-3-10(7-11)5-9(12)6-10/h8-9,12H,3-7H2,1-2H3. The first-order chi connectivity index (χ1) is 5.61. The van der Waals surface area contributed by atoms with E-state index in [1.165, 1.54) is 19.5 Å². The highest BCUT2D eigenvalue weighted by Crippen LogP contribution is 2.48. The number of aliphatic hydroxyl groups excluding tert-OH is 1. The molecule has 0 unspecified atom stereocenters. The number of rotatable bonds is 1. The van der Waals surface area contributed by atoms with Gasteiger partial charge in [0.05, 0.1) is 6.10 Å². The fourth-order valence-electron chi connectivity index (χ4n) is 2.68. The number of hydrogen-bond donors (Lipinski definition) is 1. The Morgan fingerprint density at radius 2 is 2.08 bits per heavy atom. The van der Waals surface area contributed by atoms with Gasteiger partial charge in [0.25, 0.3) is 0 Å². The zero-order valence-electron chi connectivity index (χ0n) is 8.08. The zero-order valence-corrected chi connectivity index (χ0v) is 8.08. The fraction of sp³-hybridized carbons (Fsp3) is 1.00. The first kappa shape index (κ1) is 8.52. The van der Waals surface area contributed by atoms with Crippen LogP contribution < -0.4 is 0 Å². The number of hydrogen-bond acceptors (Lipinski definition) is 2. The molecule has 2 aliphatic rings. The van der Waals surface area contributed by atoms with Crippen molar-refractivity contribution in [3.05, 3.63) is 0 Å². The summed E-state index contributed by atoms with van der Waals surface area (Å²) in [5, 5.41) is 9.28. The largest absolute Gasteiger partial charge is 0.393 e. The van der Waals surface area contributed by atoms with Gasteiger partial charge in [-0.2, -0.15) is 0 Å². The summed E-state index contributed by atoms with van der Waals surface area (Å²) < 4.78 is 0. The third-order valence-electron chi connectivity index (χ3n) is 3.54. The second-order valence-electron chi connectivity index (χ2n) is 4.88. The Bertz CT molecular complexity index is 173. The average Bonchev–Trinajstić information content (AvgIpc) is 2.31. The molecule has 2 nitrogen and oxygen atoms in total. The molecule has 1 spiro atoms. The lowest BCUT2D eigenvalue weighted by atomic mass is 9.66. The second-order valence-corrected chi connectivity index (χ2v) is 4.88. The predicted molar refractivity (Wildman–Crippen MR) is 49.0 cm³/mol. The van der Waals surface area contributed by atoms with E-state index in [9.17, 15) is 5.11 Å². The number of likely N-dealkylation sites (tertiary alicyclic amines) is 1. The molecule has 0 amide bonds. The Hall–Kier alpha value is -0.0800. The Kier molecular flexibility index (Phi) is 1.92. The van der Waals surface area contributed by atoms with Crippen molar-refractivity contribution < 1.29 is 5.11 Å². The van der Waals surface area contributed by atoms with Gasteiger partial charge in [0.1, 0.15) is 0 Å². The topological polar surface area (TPSA) is 23.5 Å². The van der Waals surface area contributed by atoms with Crippen molar-refractivity contribution in [3.8, 4) is 0 Å². The van der Waals surface area contributed by atoms with Crippen LogP contribution in [0.1, 0.15) is 33.1 Å². The number of nitrogens with zero attached hydrogens (tertiary/aromatic N) is 1. The maximum absolute atomic E-state index is 9.28. The van der Waals surface area contributed by atoms with Crippen molar-refractivity contribution in [3.63, 3.8) is 0 Å². The van der Waals surface area contributed by atoms with Crippen LogP contribution in [-0.2, 0) is 0 Å². The molecule has 12 heavy (non-hydrogen) atoms. The van der Waals surface area contributed by atoms with Crippen LogP contribution in [0, 0.1) is 5.41 Å². The lowest BCUT2D eigenvalue weighted by Crippen LogP contribution is -2.43. The minimum absolute atomic E-state index is 0.0112. The van der Waals surface area contributed by atoms with Crippen LogP contribution >= 0.6 is 0 Å². The van der Waals surface area contributed by atoms with Gasteiger partial charge in [-0.1, -0.05) is 0 Å². The monoisotopic (exact) mass is 169 g/mol. The van der Waals surface area contributed by atoms with Crippen LogP contribution in [0.25, 0.3) is 0 Å². The Morgan fingerprint density at radius 3 is 2.50 bits per heavy atom.